The van der Waals surface area contributed by atoms with Gasteiger partial charge in [0, 0.05) is 18.1 Å². The largest absolute Gasteiger partial charge is 0.324 e. The molecular weight excluding hydrogens is 296 g/mol. The van der Waals surface area contributed by atoms with Crippen LogP contribution in [0.3, 0.4) is 0 Å². The molecule has 0 aliphatic carbocycles. The number of pyridine rings is 1. The van der Waals surface area contributed by atoms with E-state index in [2.05, 4.69) is 31.3 Å². The van der Waals surface area contributed by atoms with Gasteiger partial charge in [0.2, 0.25) is 5.91 Å². The second kappa shape index (κ2) is 5.30. The molecule has 1 N–H and O–H groups in total. The maximum Gasteiger partial charge on any atom is 0.246 e. The number of aromatic nitrogens is 3. The monoisotopic (exact) mass is 308 g/mol. The van der Waals surface area contributed by atoms with Crippen LogP contribution in [0.1, 0.15) is 11.4 Å². The molecular formula is C12H13BrN4O. The highest BCUT2D eigenvalue weighted by Gasteiger charge is 2.11. The Morgan fingerprint density at radius 2 is 2.06 bits per heavy atom. The molecule has 0 spiro atoms. The quantitative estimate of drug-likeness (QED) is 0.946. The summed E-state index contributed by atoms with van der Waals surface area (Å²) >= 11 is 3.43. The van der Waals surface area contributed by atoms with Crippen molar-refractivity contribution in [3.8, 4) is 0 Å². The van der Waals surface area contributed by atoms with Gasteiger partial charge in [-0.3, -0.25) is 14.5 Å². The first-order chi connectivity index (χ1) is 8.58. The second-order valence-electron chi connectivity index (χ2n) is 3.93. The van der Waals surface area contributed by atoms with Crippen molar-refractivity contribution in [2.45, 2.75) is 20.4 Å². The molecule has 2 rings (SSSR count). The van der Waals surface area contributed by atoms with E-state index in [1.54, 1.807) is 29.2 Å². The fourth-order valence-electron chi connectivity index (χ4n) is 1.60. The summed E-state index contributed by atoms with van der Waals surface area (Å²) < 4.78 is 2.62. The molecule has 0 bridgehead atoms. The Kier molecular flexibility index (Phi) is 3.76. The van der Waals surface area contributed by atoms with Crippen LogP contribution in [-0.2, 0) is 11.3 Å². The van der Waals surface area contributed by atoms with Crippen LogP contribution >= 0.6 is 15.9 Å². The lowest BCUT2D eigenvalue weighted by molar-refractivity contribution is -0.116. The van der Waals surface area contributed by atoms with Crippen molar-refractivity contribution in [3.05, 3.63) is 40.4 Å². The normalized spacial score (nSPS) is 10.4. The number of aryl methyl sites for hydroxylation is 1. The van der Waals surface area contributed by atoms with Gasteiger partial charge in [-0.25, -0.2) is 0 Å². The third kappa shape index (κ3) is 2.76. The maximum atomic E-state index is 11.8. The van der Waals surface area contributed by atoms with Crippen LogP contribution in [0.25, 0.3) is 0 Å². The molecule has 2 aromatic rings. The number of hydrogen-bond donors (Lipinski definition) is 1. The molecule has 0 saturated heterocycles. The summed E-state index contributed by atoms with van der Waals surface area (Å²) in [7, 11) is 0. The number of carbonyl (C=O) groups is 1. The van der Waals surface area contributed by atoms with Crippen molar-refractivity contribution >= 4 is 27.5 Å². The number of anilines is 1. The first kappa shape index (κ1) is 12.8. The van der Waals surface area contributed by atoms with E-state index in [0.717, 1.165) is 21.5 Å². The number of hydrogen-bond acceptors (Lipinski definition) is 3. The summed E-state index contributed by atoms with van der Waals surface area (Å²) in [4.78, 5) is 15.7. The third-order valence-electron chi connectivity index (χ3n) is 2.55. The molecule has 0 unspecified atom stereocenters. The zero-order valence-electron chi connectivity index (χ0n) is 10.1. The number of halogens is 1. The van der Waals surface area contributed by atoms with Crippen molar-refractivity contribution in [2.75, 3.05) is 5.32 Å². The van der Waals surface area contributed by atoms with E-state index in [4.69, 9.17) is 0 Å². The smallest absolute Gasteiger partial charge is 0.246 e. The molecule has 18 heavy (non-hydrogen) atoms. The van der Waals surface area contributed by atoms with Gasteiger partial charge < -0.3 is 5.32 Å². The maximum absolute atomic E-state index is 11.8. The van der Waals surface area contributed by atoms with E-state index in [-0.39, 0.29) is 12.5 Å². The summed E-state index contributed by atoms with van der Waals surface area (Å²) in [6.45, 7) is 4.01. The lowest BCUT2D eigenvalue weighted by Gasteiger charge is -2.06. The summed E-state index contributed by atoms with van der Waals surface area (Å²) in [5.41, 5.74) is 2.55. The van der Waals surface area contributed by atoms with Gasteiger partial charge in [-0.2, -0.15) is 5.10 Å². The fraction of sp³-hybridized carbons (Fsp3) is 0.250. The predicted octanol–water partition coefficient (Wildman–Crippen LogP) is 2.30. The van der Waals surface area contributed by atoms with Gasteiger partial charge in [0.15, 0.2) is 0 Å². The molecule has 0 aliphatic rings. The highest BCUT2D eigenvalue weighted by Crippen LogP contribution is 2.19. The highest BCUT2D eigenvalue weighted by molar-refractivity contribution is 9.10. The van der Waals surface area contributed by atoms with Crippen LogP contribution in [0.5, 0.6) is 0 Å². The van der Waals surface area contributed by atoms with Gasteiger partial charge >= 0.3 is 0 Å². The molecule has 1 amide bonds. The Balaban J connectivity index is 2.06. The Bertz CT molecular complexity index is 565. The minimum atomic E-state index is -0.112. The van der Waals surface area contributed by atoms with E-state index in [1.165, 1.54) is 0 Å². The molecule has 0 radical (unpaired) electrons. The van der Waals surface area contributed by atoms with Crippen LogP contribution in [0, 0.1) is 13.8 Å². The lowest BCUT2D eigenvalue weighted by Crippen LogP contribution is -2.20. The Hall–Kier alpha value is -1.69. The van der Waals surface area contributed by atoms with E-state index in [9.17, 15) is 4.79 Å². The summed E-state index contributed by atoms with van der Waals surface area (Å²) in [6.07, 6.45) is 3.27. The number of carbonyl (C=O) groups excluding carboxylic acids is 1. The van der Waals surface area contributed by atoms with Crippen molar-refractivity contribution in [1.29, 1.82) is 0 Å². The molecule has 94 valence electrons. The van der Waals surface area contributed by atoms with Crippen LogP contribution in [0.2, 0.25) is 0 Å². The van der Waals surface area contributed by atoms with Gasteiger partial charge in [0.1, 0.15) is 6.54 Å². The fourth-order valence-corrected chi connectivity index (χ4v) is 1.88. The van der Waals surface area contributed by atoms with Gasteiger partial charge in [-0.05, 0) is 41.9 Å². The number of nitrogens with one attached hydrogen (secondary N) is 1. The minimum absolute atomic E-state index is 0.112. The van der Waals surface area contributed by atoms with E-state index >= 15 is 0 Å². The van der Waals surface area contributed by atoms with Gasteiger partial charge in [-0.15, -0.1) is 0 Å². The van der Waals surface area contributed by atoms with Crippen molar-refractivity contribution < 1.29 is 4.79 Å². The summed E-state index contributed by atoms with van der Waals surface area (Å²) in [6, 6.07) is 3.49. The number of rotatable bonds is 3. The average Bonchev–Trinajstić information content (AvgIpc) is 2.58. The number of amides is 1. The van der Waals surface area contributed by atoms with Gasteiger partial charge in [0.25, 0.3) is 0 Å². The zero-order chi connectivity index (χ0) is 13.1. The molecule has 0 aliphatic heterocycles. The zero-order valence-corrected chi connectivity index (χ0v) is 11.7. The van der Waals surface area contributed by atoms with Crippen LogP contribution in [-0.4, -0.2) is 20.7 Å². The predicted molar refractivity (Wildman–Crippen MR) is 72.3 cm³/mol. The standard InChI is InChI=1S/C12H13BrN4O/c1-8-12(13)9(2)17(16-8)7-11(18)15-10-3-5-14-6-4-10/h3-6H,7H2,1-2H3,(H,14,15,18). The Morgan fingerprint density at radius 1 is 1.39 bits per heavy atom. The highest BCUT2D eigenvalue weighted by atomic mass is 79.9. The van der Waals surface area contributed by atoms with Crippen LogP contribution in [0.4, 0.5) is 5.69 Å². The van der Waals surface area contributed by atoms with Crippen molar-refractivity contribution in [3.63, 3.8) is 0 Å². The molecule has 0 aromatic carbocycles. The van der Waals surface area contributed by atoms with E-state index in [0.29, 0.717) is 0 Å². The molecule has 5 nitrogen and oxygen atoms in total. The minimum Gasteiger partial charge on any atom is -0.324 e. The Labute approximate surface area is 113 Å². The van der Waals surface area contributed by atoms with Crippen LogP contribution in [0.15, 0.2) is 29.0 Å². The average molecular weight is 309 g/mol. The van der Waals surface area contributed by atoms with Gasteiger partial charge in [-0.1, -0.05) is 0 Å². The summed E-state index contributed by atoms with van der Waals surface area (Å²) in [5, 5.41) is 7.08. The molecule has 0 atom stereocenters. The number of nitrogens with zero attached hydrogens (tertiary/aromatic N) is 3. The second-order valence-corrected chi connectivity index (χ2v) is 4.72. The molecule has 2 heterocycles. The third-order valence-corrected chi connectivity index (χ3v) is 3.70. The Morgan fingerprint density at radius 3 is 2.61 bits per heavy atom. The van der Waals surface area contributed by atoms with Crippen molar-refractivity contribution in [1.82, 2.24) is 14.8 Å². The van der Waals surface area contributed by atoms with Crippen molar-refractivity contribution in [2.24, 2.45) is 0 Å². The van der Waals surface area contributed by atoms with Gasteiger partial charge in [0.05, 0.1) is 15.9 Å². The molecule has 6 heteroatoms. The summed E-state index contributed by atoms with van der Waals surface area (Å²) in [5.74, 6) is -0.112. The first-order valence-corrected chi connectivity index (χ1v) is 6.26. The lowest BCUT2D eigenvalue weighted by atomic mass is 10.4. The molecule has 0 fully saturated rings. The molecule has 0 saturated carbocycles. The topological polar surface area (TPSA) is 59.8 Å². The van der Waals surface area contributed by atoms with E-state index in [1.807, 2.05) is 13.8 Å². The molecule has 2 aromatic heterocycles. The van der Waals surface area contributed by atoms with E-state index < -0.39 is 0 Å². The SMILES string of the molecule is Cc1nn(CC(=O)Nc2ccncc2)c(C)c1Br. The van der Waals surface area contributed by atoms with Crippen LogP contribution < -0.4 is 5.32 Å². The first-order valence-electron chi connectivity index (χ1n) is 5.47.